The summed E-state index contributed by atoms with van der Waals surface area (Å²) >= 11 is 8.14. The van der Waals surface area contributed by atoms with Gasteiger partial charge in [-0.3, -0.25) is 0 Å². The maximum absolute atomic E-state index is 9.93. The van der Waals surface area contributed by atoms with Crippen molar-refractivity contribution in [1.82, 2.24) is 10.2 Å². The van der Waals surface area contributed by atoms with Crippen LogP contribution in [0.2, 0.25) is 5.02 Å². The van der Waals surface area contributed by atoms with Crippen molar-refractivity contribution in [1.29, 1.82) is 0 Å². The van der Waals surface area contributed by atoms with Gasteiger partial charge in [0.1, 0.15) is 0 Å². The van der Waals surface area contributed by atoms with Crippen molar-refractivity contribution in [3.63, 3.8) is 0 Å². The van der Waals surface area contributed by atoms with E-state index in [9.17, 15) is 5.11 Å². The second kappa shape index (κ2) is 10.6. The molecule has 1 aromatic carbocycles. The highest BCUT2D eigenvalue weighted by molar-refractivity contribution is 7.17. The second-order valence-corrected chi connectivity index (χ2v) is 8.90. The highest BCUT2D eigenvalue weighted by Crippen LogP contribution is 2.42. The number of aliphatic hydroxyl groups excluding tert-OH is 1. The summed E-state index contributed by atoms with van der Waals surface area (Å²) in [4.78, 5) is 2.61. The van der Waals surface area contributed by atoms with E-state index in [4.69, 9.17) is 11.6 Å². The topological polar surface area (TPSA) is 35.5 Å². The Kier molecular flexibility index (Phi) is 9.14. The molecule has 152 valence electrons. The molecule has 2 N–H and O–H groups in total. The average molecular weight is 452 g/mol. The molecule has 0 spiro atoms. The van der Waals surface area contributed by atoms with Gasteiger partial charge in [0, 0.05) is 48.4 Å². The zero-order valence-corrected chi connectivity index (χ0v) is 18.6. The second-order valence-electron chi connectivity index (χ2n) is 7.56. The molecule has 1 saturated heterocycles. The summed E-state index contributed by atoms with van der Waals surface area (Å²) in [5.41, 5.74) is 1.47. The molecule has 2 fully saturated rings. The number of halogens is 3. The molecule has 4 rings (SSSR count). The predicted octanol–water partition coefficient (Wildman–Crippen LogP) is 4.94. The summed E-state index contributed by atoms with van der Waals surface area (Å²) in [7, 11) is 0. The fraction of sp³-hybridized carbons (Fsp3) is 0.600. The molecule has 3 nitrogen and oxygen atoms in total. The number of benzene rings is 1. The number of thiophene rings is 1. The molecule has 1 atom stereocenters. The van der Waals surface area contributed by atoms with Gasteiger partial charge in [-0.25, -0.2) is 0 Å². The van der Waals surface area contributed by atoms with Gasteiger partial charge in [0.05, 0.1) is 6.10 Å². The normalized spacial score (nSPS) is 24.8. The van der Waals surface area contributed by atoms with Gasteiger partial charge in [-0.2, -0.15) is 0 Å². The molecule has 1 aromatic heterocycles. The smallest absolute Gasteiger partial charge is 0.0540 e. The summed E-state index contributed by atoms with van der Waals surface area (Å²) < 4.78 is 1.33. The van der Waals surface area contributed by atoms with Gasteiger partial charge in [-0.15, -0.1) is 36.2 Å². The standard InChI is InChI=1S/C20H27ClN2OS.2ClH/c21-15-3-6-20-17(11-15)19(13-25-20)18(12-23-9-7-22-8-10-23)14-1-4-16(24)5-2-14;;/h3,6,11,13-14,16,18,22,24H,1-2,4-5,7-10,12H2;2*1H. The molecule has 0 bridgehead atoms. The Hall–Kier alpha value is -0.0700. The molecule has 1 aliphatic carbocycles. The van der Waals surface area contributed by atoms with Crippen molar-refractivity contribution >= 4 is 57.8 Å². The third kappa shape index (κ3) is 5.51. The predicted molar refractivity (Wildman–Crippen MR) is 121 cm³/mol. The van der Waals surface area contributed by atoms with Gasteiger partial charge in [-0.05, 0) is 66.1 Å². The Morgan fingerprint density at radius 2 is 1.85 bits per heavy atom. The van der Waals surface area contributed by atoms with Crippen LogP contribution in [-0.2, 0) is 0 Å². The minimum Gasteiger partial charge on any atom is -0.393 e. The maximum atomic E-state index is 9.93. The van der Waals surface area contributed by atoms with E-state index < -0.39 is 0 Å². The zero-order valence-electron chi connectivity index (χ0n) is 15.4. The van der Waals surface area contributed by atoms with Crippen LogP contribution in [0.1, 0.15) is 37.2 Å². The Morgan fingerprint density at radius 1 is 1.15 bits per heavy atom. The number of rotatable bonds is 4. The van der Waals surface area contributed by atoms with Gasteiger partial charge >= 0.3 is 0 Å². The molecule has 2 aromatic rings. The van der Waals surface area contributed by atoms with Crippen LogP contribution >= 0.6 is 47.8 Å². The summed E-state index contributed by atoms with van der Waals surface area (Å²) in [6.07, 6.45) is 4.08. The van der Waals surface area contributed by atoms with E-state index in [2.05, 4.69) is 27.7 Å². The van der Waals surface area contributed by atoms with Crippen LogP contribution in [0.3, 0.4) is 0 Å². The quantitative estimate of drug-likeness (QED) is 0.691. The summed E-state index contributed by atoms with van der Waals surface area (Å²) in [5.74, 6) is 1.20. The highest BCUT2D eigenvalue weighted by Gasteiger charge is 2.31. The van der Waals surface area contributed by atoms with E-state index in [0.29, 0.717) is 11.8 Å². The fourth-order valence-electron chi connectivity index (χ4n) is 4.49. The van der Waals surface area contributed by atoms with Gasteiger partial charge in [-0.1, -0.05) is 11.6 Å². The number of hydrogen-bond donors (Lipinski definition) is 2. The molecule has 2 aliphatic rings. The third-order valence-corrected chi connectivity index (χ3v) is 7.16. The molecule has 2 heterocycles. The minimum absolute atomic E-state index is 0. The van der Waals surface area contributed by atoms with Crippen molar-refractivity contribution < 1.29 is 5.11 Å². The van der Waals surface area contributed by atoms with Crippen LogP contribution in [0.5, 0.6) is 0 Å². The first-order chi connectivity index (χ1) is 12.2. The van der Waals surface area contributed by atoms with Gasteiger partial charge in [0.2, 0.25) is 0 Å². The van der Waals surface area contributed by atoms with Crippen LogP contribution in [0.15, 0.2) is 23.6 Å². The van der Waals surface area contributed by atoms with Crippen molar-refractivity contribution in [3.05, 3.63) is 34.2 Å². The van der Waals surface area contributed by atoms with Crippen molar-refractivity contribution in [2.75, 3.05) is 32.7 Å². The van der Waals surface area contributed by atoms with E-state index >= 15 is 0 Å². The Balaban J connectivity index is 0.00000131. The molecule has 27 heavy (non-hydrogen) atoms. The number of hydrogen-bond acceptors (Lipinski definition) is 4. The van der Waals surface area contributed by atoms with Crippen molar-refractivity contribution in [2.45, 2.75) is 37.7 Å². The lowest BCUT2D eigenvalue weighted by molar-refractivity contribution is 0.0935. The molecule has 1 saturated carbocycles. The molecular weight excluding hydrogens is 423 g/mol. The van der Waals surface area contributed by atoms with E-state index in [1.165, 1.54) is 15.6 Å². The van der Waals surface area contributed by atoms with Gasteiger partial charge in [0.25, 0.3) is 0 Å². The first-order valence-corrected chi connectivity index (χ1v) is 10.7. The number of nitrogens with one attached hydrogen (secondary N) is 1. The Morgan fingerprint density at radius 3 is 2.56 bits per heavy atom. The maximum Gasteiger partial charge on any atom is 0.0540 e. The molecule has 7 heteroatoms. The average Bonchev–Trinajstić information content (AvgIpc) is 3.04. The van der Waals surface area contributed by atoms with Gasteiger partial charge < -0.3 is 15.3 Å². The summed E-state index contributed by atoms with van der Waals surface area (Å²) in [5, 5.41) is 17.9. The molecule has 1 unspecified atom stereocenters. The monoisotopic (exact) mass is 450 g/mol. The van der Waals surface area contributed by atoms with Crippen LogP contribution in [0, 0.1) is 5.92 Å². The fourth-order valence-corrected chi connectivity index (χ4v) is 5.66. The third-order valence-electron chi connectivity index (χ3n) is 5.94. The highest BCUT2D eigenvalue weighted by atomic mass is 35.5. The molecule has 1 aliphatic heterocycles. The largest absolute Gasteiger partial charge is 0.393 e. The minimum atomic E-state index is -0.0928. The van der Waals surface area contributed by atoms with E-state index in [1.807, 2.05) is 17.4 Å². The van der Waals surface area contributed by atoms with E-state index in [-0.39, 0.29) is 30.9 Å². The lowest BCUT2D eigenvalue weighted by Crippen LogP contribution is -2.45. The van der Waals surface area contributed by atoms with Crippen LogP contribution in [0.4, 0.5) is 0 Å². The van der Waals surface area contributed by atoms with Crippen molar-refractivity contribution in [3.8, 4) is 0 Å². The van der Waals surface area contributed by atoms with Crippen LogP contribution in [-0.4, -0.2) is 48.8 Å². The lowest BCUT2D eigenvalue weighted by Gasteiger charge is -2.37. The molecule has 0 radical (unpaired) electrons. The Bertz CT molecular complexity index is 712. The lowest BCUT2D eigenvalue weighted by atomic mass is 9.75. The zero-order chi connectivity index (χ0) is 17.2. The number of piperazine rings is 1. The first kappa shape index (κ1) is 23.2. The van der Waals surface area contributed by atoms with Crippen LogP contribution < -0.4 is 5.32 Å². The number of fused-ring (bicyclic) bond motifs is 1. The van der Waals surface area contributed by atoms with Crippen LogP contribution in [0.25, 0.3) is 10.1 Å². The summed E-state index contributed by atoms with van der Waals surface area (Å²) in [6.45, 7) is 5.57. The first-order valence-electron chi connectivity index (χ1n) is 9.48. The van der Waals surface area contributed by atoms with E-state index in [1.54, 1.807) is 0 Å². The van der Waals surface area contributed by atoms with E-state index in [0.717, 1.165) is 63.4 Å². The summed E-state index contributed by atoms with van der Waals surface area (Å²) in [6, 6.07) is 6.29. The molecular formula is C20H29Cl3N2OS. The number of nitrogens with zero attached hydrogens (tertiary/aromatic N) is 1. The van der Waals surface area contributed by atoms with Crippen molar-refractivity contribution in [2.24, 2.45) is 5.92 Å². The Labute approximate surface area is 183 Å². The van der Waals surface area contributed by atoms with Gasteiger partial charge in [0.15, 0.2) is 0 Å². The number of aliphatic hydroxyl groups is 1. The molecule has 0 amide bonds. The SMILES string of the molecule is Cl.Cl.OC1CCC(C(CN2CCNCC2)c2csc3ccc(Cl)cc23)CC1.